The van der Waals surface area contributed by atoms with Gasteiger partial charge in [0.15, 0.2) is 0 Å². The molecule has 0 spiro atoms. The second-order valence-corrected chi connectivity index (χ2v) is 6.13. The number of hydrogen-bond donors (Lipinski definition) is 2. The van der Waals surface area contributed by atoms with Gasteiger partial charge in [-0.2, -0.15) is 0 Å². The second kappa shape index (κ2) is 5.25. The van der Waals surface area contributed by atoms with Gasteiger partial charge in [-0.1, -0.05) is 0 Å². The van der Waals surface area contributed by atoms with Crippen molar-refractivity contribution in [2.45, 2.75) is 71.1 Å². The fourth-order valence-corrected chi connectivity index (χ4v) is 2.83. The lowest BCUT2D eigenvalue weighted by Gasteiger charge is -2.43. The summed E-state index contributed by atoms with van der Waals surface area (Å²) in [6, 6.07) is 0.0995. The molecule has 1 aliphatic rings. The highest BCUT2D eigenvalue weighted by Gasteiger charge is 2.36. The Morgan fingerprint density at radius 2 is 1.71 bits per heavy atom. The molecule has 1 amide bonds. The van der Waals surface area contributed by atoms with E-state index in [0.717, 1.165) is 25.7 Å². The van der Waals surface area contributed by atoms with Gasteiger partial charge in [0.05, 0.1) is 6.10 Å². The number of aliphatic hydroxyl groups excluding tert-OH is 1. The smallest absolute Gasteiger partial charge is 0.407 e. The van der Waals surface area contributed by atoms with Crippen LogP contribution in [-0.2, 0) is 0 Å². The largest absolute Gasteiger partial charge is 0.465 e. The Morgan fingerprint density at radius 1 is 1.24 bits per heavy atom. The van der Waals surface area contributed by atoms with Crippen molar-refractivity contribution in [3.05, 3.63) is 0 Å². The lowest BCUT2D eigenvalue weighted by Crippen LogP contribution is -2.52. The first-order valence-electron chi connectivity index (χ1n) is 6.44. The molecular weight excluding hydrogens is 218 g/mol. The van der Waals surface area contributed by atoms with Crippen LogP contribution in [0.3, 0.4) is 0 Å². The fourth-order valence-electron chi connectivity index (χ4n) is 2.83. The standard InChI is InChI=1S/C13H25NO3/c1-9(15)10-5-7-11(8-6-10)14(12(16)17)13(2,3)4/h9-11,15H,5-8H2,1-4H3,(H,16,17)/t9?,10-,11+. The maximum Gasteiger partial charge on any atom is 0.407 e. The number of amides is 1. The van der Waals surface area contributed by atoms with Gasteiger partial charge in [-0.05, 0) is 59.3 Å². The van der Waals surface area contributed by atoms with E-state index in [-0.39, 0.29) is 17.7 Å². The highest BCUT2D eigenvalue weighted by molar-refractivity contribution is 5.66. The molecule has 0 aromatic carbocycles. The highest BCUT2D eigenvalue weighted by Crippen LogP contribution is 2.32. The molecule has 1 aliphatic carbocycles. The van der Waals surface area contributed by atoms with Crippen LogP contribution < -0.4 is 0 Å². The van der Waals surface area contributed by atoms with Gasteiger partial charge in [0, 0.05) is 11.6 Å². The van der Waals surface area contributed by atoms with E-state index in [1.807, 2.05) is 27.7 Å². The summed E-state index contributed by atoms with van der Waals surface area (Å²) in [4.78, 5) is 12.9. The van der Waals surface area contributed by atoms with Crippen molar-refractivity contribution in [3.8, 4) is 0 Å². The molecule has 0 aromatic heterocycles. The molecule has 17 heavy (non-hydrogen) atoms. The van der Waals surface area contributed by atoms with Crippen molar-refractivity contribution in [2.75, 3.05) is 0 Å². The van der Waals surface area contributed by atoms with Crippen LogP contribution in [0.1, 0.15) is 53.4 Å². The third-order valence-electron chi connectivity index (χ3n) is 3.72. The average molecular weight is 243 g/mol. The zero-order chi connectivity index (χ0) is 13.2. The SMILES string of the molecule is CC(O)[C@H]1CC[C@@H](N(C(=O)O)C(C)(C)C)CC1. The summed E-state index contributed by atoms with van der Waals surface area (Å²) < 4.78 is 0. The van der Waals surface area contributed by atoms with E-state index < -0.39 is 6.09 Å². The molecule has 2 N–H and O–H groups in total. The number of carboxylic acid groups (broad SMARTS) is 1. The maximum absolute atomic E-state index is 11.3. The minimum atomic E-state index is -0.835. The molecule has 0 bridgehead atoms. The van der Waals surface area contributed by atoms with Crippen molar-refractivity contribution >= 4 is 6.09 Å². The zero-order valence-corrected chi connectivity index (χ0v) is 11.3. The van der Waals surface area contributed by atoms with Crippen molar-refractivity contribution < 1.29 is 15.0 Å². The molecule has 0 aromatic rings. The fraction of sp³-hybridized carbons (Fsp3) is 0.923. The molecule has 100 valence electrons. The Labute approximate surface area is 104 Å². The molecule has 1 unspecified atom stereocenters. The quantitative estimate of drug-likeness (QED) is 0.784. The summed E-state index contributed by atoms with van der Waals surface area (Å²) in [6.07, 6.45) is 2.45. The normalized spacial score (nSPS) is 27.6. The minimum Gasteiger partial charge on any atom is -0.465 e. The molecule has 0 aliphatic heterocycles. The second-order valence-electron chi connectivity index (χ2n) is 6.13. The number of aliphatic hydroxyl groups is 1. The van der Waals surface area contributed by atoms with Crippen LogP contribution in [0, 0.1) is 5.92 Å². The topological polar surface area (TPSA) is 60.8 Å². The van der Waals surface area contributed by atoms with Gasteiger partial charge < -0.3 is 15.1 Å². The lowest BCUT2D eigenvalue weighted by atomic mass is 9.81. The molecule has 0 radical (unpaired) electrons. The van der Waals surface area contributed by atoms with Crippen molar-refractivity contribution in [3.63, 3.8) is 0 Å². The van der Waals surface area contributed by atoms with Crippen LogP contribution in [0.25, 0.3) is 0 Å². The number of nitrogens with zero attached hydrogens (tertiary/aromatic N) is 1. The van der Waals surface area contributed by atoms with E-state index in [1.165, 1.54) is 0 Å². The lowest BCUT2D eigenvalue weighted by molar-refractivity contribution is 0.0316. The predicted molar refractivity (Wildman–Crippen MR) is 67.0 cm³/mol. The summed E-state index contributed by atoms with van der Waals surface area (Å²) in [5, 5.41) is 18.9. The Bertz CT molecular complexity index is 262. The van der Waals surface area contributed by atoms with E-state index in [4.69, 9.17) is 0 Å². The van der Waals surface area contributed by atoms with E-state index >= 15 is 0 Å². The van der Waals surface area contributed by atoms with Gasteiger partial charge in [-0.3, -0.25) is 0 Å². The molecule has 0 saturated heterocycles. The van der Waals surface area contributed by atoms with Crippen LogP contribution >= 0.6 is 0 Å². The van der Waals surface area contributed by atoms with Crippen molar-refractivity contribution in [1.29, 1.82) is 0 Å². The Hall–Kier alpha value is -0.770. The molecule has 1 saturated carbocycles. The number of hydrogen-bond acceptors (Lipinski definition) is 2. The summed E-state index contributed by atoms with van der Waals surface area (Å²) >= 11 is 0. The molecule has 4 heteroatoms. The van der Waals surface area contributed by atoms with Gasteiger partial charge >= 0.3 is 6.09 Å². The Balaban J connectivity index is 2.65. The summed E-state index contributed by atoms with van der Waals surface area (Å²) in [5.74, 6) is 0.335. The van der Waals surface area contributed by atoms with Crippen molar-refractivity contribution in [2.24, 2.45) is 5.92 Å². The molecule has 1 fully saturated rings. The van der Waals surface area contributed by atoms with Gasteiger partial charge in [0.2, 0.25) is 0 Å². The van der Waals surface area contributed by atoms with E-state index in [9.17, 15) is 15.0 Å². The first kappa shape index (κ1) is 14.3. The summed E-state index contributed by atoms with van der Waals surface area (Å²) in [7, 11) is 0. The third kappa shape index (κ3) is 3.60. The van der Waals surface area contributed by atoms with E-state index in [2.05, 4.69) is 0 Å². The van der Waals surface area contributed by atoms with Crippen LogP contribution in [0.2, 0.25) is 0 Å². The maximum atomic E-state index is 11.3. The Kier molecular flexibility index (Phi) is 4.42. The van der Waals surface area contributed by atoms with Crippen LogP contribution in [0.4, 0.5) is 4.79 Å². The Morgan fingerprint density at radius 3 is 2.00 bits per heavy atom. The van der Waals surface area contributed by atoms with Gasteiger partial charge in [0.1, 0.15) is 0 Å². The first-order valence-corrected chi connectivity index (χ1v) is 6.44. The average Bonchev–Trinajstić information content (AvgIpc) is 2.15. The summed E-state index contributed by atoms with van der Waals surface area (Å²) in [5.41, 5.74) is -0.353. The van der Waals surface area contributed by atoms with Crippen LogP contribution in [-0.4, -0.2) is 38.9 Å². The minimum absolute atomic E-state index is 0.0995. The van der Waals surface area contributed by atoms with Crippen molar-refractivity contribution in [1.82, 2.24) is 4.90 Å². The third-order valence-corrected chi connectivity index (χ3v) is 3.72. The molecular formula is C13H25NO3. The molecule has 0 heterocycles. The first-order chi connectivity index (χ1) is 7.73. The van der Waals surface area contributed by atoms with Gasteiger partial charge in [0.25, 0.3) is 0 Å². The molecule has 4 nitrogen and oxygen atoms in total. The van der Waals surface area contributed by atoms with Gasteiger partial charge in [-0.15, -0.1) is 0 Å². The monoisotopic (exact) mass is 243 g/mol. The molecule has 1 atom stereocenters. The van der Waals surface area contributed by atoms with Crippen LogP contribution in [0.15, 0.2) is 0 Å². The molecule has 1 rings (SSSR count). The summed E-state index contributed by atoms with van der Waals surface area (Å²) in [6.45, 7) is 7.62. The van der Waals surface area contributed by atoms with E-state index in [0.29, 0.717) is 5.92 Å². The van der Waals surface area contributed by atoms with Gasteiger partial charge in [-0.25, -0.2) is 4.79 Å². The predicted octanol–water partition coefficient (Wildman–Crippen LogP) is 2.70. The zero-order valence-electron chi connectivity index (χ0n) is 11.3. The highest BCUT2D eigenvalue weighted by atomic mass is 16.4. The number of rotatable bonds is 2. The van der Waals surface area contributed by atoms with Crippen LogP contribution in [0.5, 0.6) is 0 Å². The van der Waals surface area contributed by atoms with E-state index in [1.54, 1.807) is 4.90 Å². The number of carbonyl (C=O) groups is 1.